The molecule has 0 aromatic heterocycles. The van der Waals surface area contributed by atoms with E-state index in [1.54, 1.807) is 26.0 Å². The van der Waals surface area contributed by atoms with E-state index in [0.717, 1.165) is 33.6 Å². The van der Waals surface area contributed by atoms with E-state index in [2.05, 4.69) is 6.07 Å². The van der Waals surface area contributed by atoms with Crippen LogP contribution in [0, 0.1) is 0 Å². The highest BCUT2D eigenvalue weighted by molar-refractivity contribution is 7.99. The van der Waals surface area contributed by atoms with Crippen LogP contribution < -0.4 is 9.47 Å². The number of nitrogens with zero attached hydrogens (tertiary/aromatic N) is 1. The van der Waals surface area contributed by atoms with Crippen molar-refractivity contribution in [3.05, 3.63) is 71.8 Å². The van der Waals surface area contributed by atoms with Crippen molar-refractivity contribution in [3.63, 3.8) is 0 Å². The summed E-state index contributed by atoms with van der Waals surface area (Å²) in [6.07, 6.45) is 0. The third-order valence-corrected chi connectivity index (χ3v) is 6.09. The molecule has 1 fully saturated rings. The number of rotatable bonds is 4. The maximum atomic E-state index is 13.3. The Hall–Kier alpha value is -2.66. The van der Waals surface area contributed by atoms with Crippen LogP contribution >= 0.6 is 11.8 Å². The van der Waals surface area contributed by atoms with Crippen molar-refractivity contribution >= 4 is 28.4 Å². The highest BCUT2D eigenvalue weighted by Crippen LogP contribution is 2.43. The second kappa shape index (κ2) is 7.53. The van der Waals surface area contributed by atoms with Gasteiger partial charge in [0.05, 0.1) is 14.2 Å². The monoisotopic (exact) mass is 379 g/mol. The van der Waals surface area contributed by atoms with Crippen molar-refractivity contribution < 1.29 is 14.3 Å². The van der Waals surface area contributed by atoms with E-state index in [0.29, 0.717) is 12.1 Å². The average Bonchev–Trinajstić information content (AvgIpc) is 3.22. The molecule has 0 N–H and O–H groups in total. The van der Waals surface area contributed by atoms with Gasteiger partial charge in [0.15, 0.2) is 0 Å². The van der Waals surface area contributed by atoms with E-state index in [4.69, 9.17) is 9.47 Å². The molecular weight excluding hydrogens is 358 g/mol. The molecule has 138 valence electrons. The first-order valence-electron chi connectivity index (χ1n) is 8.84. The first-order chi connectivity index (χ1) is 13.2. The highest BCUT2D eigenvalue weighted by atomic mass is 32.2. The minimum Gasteiger partial charge on any atom is -0.497 e. The fraction of sp³-hybridized carbons (Fsp3) is 0.227. The van der Waals surface area contributed by atoms with E-state index in [1.807, 2.05) is 59.5 Å². The molecule has 1 saturated heterocycles. The molecule has 0 spiro atoms. The Balaban J connectivity index is 1.69. The van der Waals surface area contributed by atoms with Crippen molar-refractivity contribution in [2.24, 2.45) is 0 Å². The molecule has 0 saturated carbocycles. The summed E-state index contributed by atoms with van der Waals surface area (Å²) in [6, 6.07) is 19.7. The van der Waals surface area contributed by atoms with Crippen molar-refractivity contribution in [1.29, 1.82) is 0 Å². The molecular formula is C22H21NO3S. The first kappa shape index (κ1) is 17.7. The van der Waals surface area contributed by atoms with Gasteiger partial charge in [-0.15, -0.1) is 11.8 Å². The van der Waals surface area contributed by atoms with E-state index in [1.165, 1.54) is 0 Å². The molecule has 0 bridgehead atoms. The molecule has 0 unspecified atom stereocenters. The number of fused-ring (bicyclic) bond motifs is 1. The summed E-state index contributed by atoms with van der Waals surface area (Å²) in [5, 5.41) is 2.12. The summed E-state index contributed by atoms with van der Waals surface area (Å²) in [4.78, 5) is 15.2. The summed E-state index contributed by atoms with van der Waals surface area (Å²) >= 11 is 1.75. The van der Waals surface area contributed by atoms with Gasteiger partial charge in [-0.05, 0) is 41.1 Å². The zero-order valence-electron chi connectivity index (χ0n) is 15.3. The number of ether oxygens (including phenoxy) is 2. The summed E-state index contributed by atoms with van der Waals surface area (Å²) in [5.74, 6) is 2.47. The van der Waals surface area contributed by atoms with Gasteiger partial charge in [-0.25, -0.2) is 0 Å². The zero-order chi connectivity index (χ0) is 18.8. The van der Waals surface area contributed by atoms with E-state index in [9.17, 15) is 4.79 Å². The van der Waals surface area contributed by atoms with Crippen LogP contribution in [0.15, 0.2) is 60.7 Å². The Kier molecular flexibility index (Phi) is 4.94. The Morgan fingerprint density at radius 3 is 2.59 bits per heavy atom. The van der Waals surface area contributed by atoms with Crippen LogP contribution in [-0.4, -0.2) is 37.3 Å². The number of carbonyl (C=O) groups excluding carboxylic acids is 1. The molecule has 1 amide bonds. The molecule has 1 heterocycles. The number of amides is 1. The van der Waals surface area contributed by atoms with Gasteiger partial charge in [0.25, 0.3) is 5.91 Å². The lowest BCUT2D eigenvalue weighted by Crippen LogP contribution is -2.30. The maximum absolute atomic E-state index is 13.3. The lowest BCUT2D eigenvalue weighted by molar-refractivity contribution is 0.0759. The average molecular weight is 379 g/mol. The second-order valence-electron chi connectivity index (χ2n) is 6.39. The quantitative estimate of drug-likeness (QED) is 0.656. The molecule has 4 rings (SSSR count). The molecule has 1 aliphatic heterocycles. The molecule has 4 nitrogen and oxygen atoms in total. The van der Waals surface area contributed by atoms with Gasteiger partial charge in [-0.1, -0.05) is 30.3 Å². The summed E-state index contributed by atoms with van der Waals surface area (Å²) in [6.45, 7) is 0.710. The predicted molar refractivity (Wildman–Crippen MR) is 110 cm³/mol. The maximum Gasteiger partial charge on any atom is 0.255 e. The smallest absolute Gasteiger partial charge is 0.255 e. The van der Waals surface area contributed by atoms with Gasteiger partial charge in [-0.2, -0.15) is 0 Å². The van der Waals surface area contributed by atoms with Crippen molar-refractivity contribution in [2.75, 3.05) is 26.5 Å². The SMILES string of the molecule is COc1ccc(OC)c([C@H]2SCCN2C(=O)c2ccc3ccccc3c2)c1. The van der Waals surface area contributed by atoms with E-state index in [-0.39, 0.29) is 11.3 Å². The Morgan fingerprint density at radius 1 is 1.00 bits per heavy atom. The zero-order valence-corrected chi connectivity index (χ0v) is 16.2. The summed E-state index contributed by atoms with van der Waals surface area (Å²) in [7, 11) is 3.30. The molecule has 1 aliphatic rings. The first-order valence-corrected chi connectivity index (χ1v) is 9.89. The van der Waals surface area contributed by atoms with Crippen LogP contribution in [0.2, 0.25) is 0 Å². The van der Waals surface area contributed by atoms with Crippen LogP contribution in [0.5, 0.6) is 11.5 Å². The van der Waals surface area contributed by atoms with Gasteiger partial charge >= 0.3 is 0 Å². The number of carbonyl (C=O) groups is 1. The number of methoxy groups -OCH3 is 2. The fourth-order valence-electron chi connectivity index (χ4n) is 3.46. The third-order valence-electron chi connectivity index (χ3n) is 4.85. The normalized spacial score (nSPS) is 16.5. The Bertz CT molecular complexity index is 988. The molecule has 1 atom stereocenters. The van der Waals surface area contributed by atoms with Crippen molar-refractivity contribution in [3.8, 4) is 11.5 Å². The van der Waals surface area contributed by atoms with Gasteiger partial charge in [0.1, 0.15) is 16.9 Å². The van der Waals surface area contributed by atoms with Crippen LogP contribution in [0.4, 0.5) is 0 Å². The Morgan fingerprint density at radius 2 is 1.81 bits per heavy atom. The minimum atomic E-state index is -0.0889. The number of hydrogen-bond donors (Lipinski definition) is 0. The van der Waals surface area contributed by atoms with Crippen LogP contribution in [0.1, 0.15) is 21.3 Å². The van der Waals surface area contributed by atoms with Crippen LogP contribution in [0.3, 0.4) is 0 Å². The molecule has 0 aliphatic carbocycles. The number of benzene rings is 3. The van der Waals surface area contributed by atoms with Gasteiger partial charge < -0.3 is 14.4 Å². The van der Waals surface area contributed by atoms with Crippen molar-refractivity contribution in [1.82, 2.24) is 4.90 Å². The van der Waals surface area contributed by atoms with Crippen molar-refractivity contribution in [2.45, 2.75) is 5.37 Å². The number of thioether (sulfide) groups is 1. The van der Waals surface area contributed by atoms with E-state index >= 15 is 0 Å². The van der Waals surface area contributed by atoms with E-state index < -0.39 is 0 Å². The minimum absolute atomic E-state index is 0.0422. The third kappa shape index (κ3) is 3.35. The summed E-state index contributed by atoms with van der Waals surface area (Å²) < 4.78 is 10.9. The Labute approximate surface area is 163 Å². The molecule has 5 heteroatoms. The van der Waals surface area contributed by atoms with Gasteiger partial charge in [0.2, 0.25) is 0 Å². The van der Waals surface area contributed by atoms with Gasteiger partial charge in [-0.3, -0.25) is 4.79 Å². The lowest BCUT2D eigenvalue weighted by atomic mass is 10.1. The topological polar surface area (TPSA) is 38.8 Å². The van der Waals surface area contributed by atoms with Crippen LogP contribution in [-0.2, 0) is 0 Å². The molecule has 3 aromatic rings. The largest absolute Gasteiger partial charge is 0.497 e. The number of hydrogen-bond acceptors (Lipinski definition) is 4. The molecule has 3 aromatic carbocycles. The highest BCUT2D eigenvalue weighted by Gasteiger charge is 2.33. The second-order valence-corrected chi connectivity index (χ2v) is 7.58. The van der Waals surface area contributed by atoms with Crippen LogP contribution in [0.25, 0.3) is 10.8 Å². The standard InChI is InChI=1S/C22H21NO3S/c1-25-18-9-10-20(26-2)19(14-18)22-23(11-12-27-22)21(24)17-8-7-15-5-3-4-6-16(15)13-17/h3-10,13-14,22H,11-12H2,1-2H3/t22-/m1/s1. The summed E-state index contributed by atoms with van der Waals surface area (Å²) in [5.41, 5.74) is 1.68. The molecule has 27 heavy (non-hydrogen) atoms. The molecule has 0 radical (unpaired) electrons. The van der Waals surface area contributed by atoms with Gasteiger partial charge in [0, 0.05) is 23.4 Å². The lowest BCUT2D eigenvalue weighted by Gasteiger charge is -2.26. The predicted octanol–water partition coefficient (Wildman–Crippen LogP) is 4.74. The fourth-order valence-corrected chi connectivity index (χ4v) is 4.73.